The van der Waals surface area contributed by atoms with Crippen LogP contribution < -0.4 is 0 Å². The first-order valence-electron chi connectivity index (χ1n) is 3.08. The van der Waals surface area contributed by atoms with E-state index in [9.17, 15) is 14.9 Å². The summed E-state index contributed by atoms with van der Waals surface area (Å²) in [5, 5.41) is 19.3. The molecule has 0 saturated carbocycles. The van der Waals surface area contributed by atoms with Crippen LogP contribution in [0, 0.1) is 10.1 Å². The standard InChI is InChI=1S/C7H5NO4.Pb/c9-4-5-2-1-3-6(7(5)10)8(11)12;/h1-4,10H;. The van der Waals surface area contributed by atoms with Crippen molar-refractivity contribution < 1.29 is 14.8 Å². The number of carbonyl (C=O) groups excluding carboxylic acids is 1. The number of carbonyl (C=O) groups is 1. The van der Waals surface area contributed by atoms with Crippen molar-refractivity contribution in [2.45, 2.75) is 0 Å². The van der Waals surface area contributed by atoms with Crippen LogP contribution in [0.1, 0.15) is 10.4 Å². The molecule has 1 rings (SSSR count). The van der Waals surface area contributed by atoms with Gasteiger partial charge in [-0.15, -0.1) is 0 Å². The molecule has 6 heteroatoms. The Bertz CT molecular complexity index is 339. The van der Waals surface area contributed by atoms with Crippen LogP contribution in [0.4, 0.5) is 5.69 Å². The van der Waals surface area contributed by atoms with E-state index in [0.717, 1.165) is 6.07 Å². The maximum absolute atomic E-state index is 10.2. The molecule has 0 aromatic heterocycles. The maximum atomic E-state index is 10.2. The van der Waals surface area contributed by atoms with Gasteiger partial charge in [-0.05, 0) is 6.07 Å². The van der Waals surface area contributed by atoms with E-state index in [-0.39, 0.29) is 32.9 Å². The molecule has 0 atom stereocenters. The Morgan fingerprint density at radius 2 is 2.08 bits per heavy atom. The van der Waals surface area contributed by atoms with Gasteiger partial charge >= 0.3 is 5.69 Å². The minimum atomic E-state index is -0.748. The van der Waals surface area contributed by atoms with Crippen molar-refractivity contribution in [2.24, 2.45) is 0 Å². The van der Waals surface area contributed by atoms with Gasteiger partial charge in [-0.2, -0.15) is 0 Å². The van der Waals surface area contributed by atoms with Gasteiger partial charge in [0.2, 0.25) is 5.75 Å². The molecule has 0 amide bonds. The number of hydrogen-bond acceptors (Lipinski definition) is 4. The Hall–Kier alpha value is -0.988. The first-order chi connectivity index (χ1) is 5.66. The van der Waals surface area contributed by atoms with Crippen molar-refractivity contribution in [1.82, 2.24) is 0 Å². The van der Waals surface area contributed by atoms with Crippen LogP contribution in [-0.4, -0.2) is 43.6 Å². The van der Waals surface area contributed by atoms with Gasteiger partial charge in [0.15, 0.2) is 6.29 Å². The van der Waals surface area contributed by atoms with E-state index < -0.39 is 16.4 Å². The zero-order valence-corrected chi connectivity index (χ0v) is 10.3. The molecule has 66 valence electrons. The van der Waals surface area contributed by atoms with E-state index in [2.05, 4.69) is 0 Å². The molecule has 0 saturated heterocycles. The van der Waals surface area contributed by atoms with Crippen LogP contribution >= 0.6 is 0 Å². The maximum Gasteiger partial charge on any atom is 0.311 e. The molecule has 0 aliphatic rings. The van der Waals surface area contributed by atoms with E-state index in [0.29, 0.717) is 6.29 Å². The van der Waals surface area contributed by atoms with Crippen molar-refractivity contribution in [1.29, 1.82) is 0 Å². The molecule has 4 radical (unpaired) electrons. The average Bonchev–Trinajstić information content (AvgIpc) is 2.04. The van der Waals surface area contributed by atoms with Crippen LogP contribution in [0.2, 0.25) is 0 Å². The third kappa shape index (κ3) is 2.47. The van der Waals surface area contributed by atoms with Crippen molar-refractivity contribution in [3.63, 3.8) is 0 Å². The van der Waals surface area contributed by atoms with Gasteiger partial charge in [0.05, 0.1) is 10.5 Å². The summed E-state index contributed by atoms with van der Waals surface area (Å²) in [4.78, 5) is 19.7. The van der Waals surface area contributed by atoms with Gasteiger partial charge in [0.1, 0.15) is 0 Å². The van der Waals surface area contributed by atoms with Crippen LogP contribution in [0.5, 0.6) is 5.75 Å². The molecule has 13 heavy (non-hydrogen) atoms. The molecule has 1 N–H and O–H groups in total. The summed E-state index contributed by atoms with van der Waals surface area (Å²) in [6.07, 6.45) is 0.363. The van der Waals surface area contributed by atoms with Gasteiger partial charge in [-0.1, -0.05) is 6.07 Å². The summed E-state index contributed by atoms with van der Waals surface area (Å²) in [6, 6.07) is 3.76. The molecule has 1 aromatic rings. The van der Waals surface area contributed by atoms with Crippen LogP contribution in [0.15, 0.2) is 18.2 Å². The molecule has 5 nitrogen and oxygen atoms in total. The number of nitro benzene ring substituents is 1. The fourth-order valence-electron chi connectivity index (χ4n) is 0.791. The fraction of sp³-hybridized carbons (Fsp3) is 0. The molecular formula is C7H5NO4Pb. The van der Waals surface area contributed by atoms with E-state index >= 15 is 0 Å². The Morgan fingerprint density at radius 3 is 2.54 bits per heavy atom. The fourth-order valence-corrected chi connectivity index (χ4v) is 0.791. The zero-order chi connectivity index (χ0) is 9.14. The summed E-state index contributed by atoms with van der Waals surface area (Å²) in [7, 11) is 0. The third-order valence-corrected chi connectivity index (χ3v) is 1.37. The van der Waals surface area contributed by atoms with Crippen molar-refractivity contribution in [2.75, 3.05) is 0 Å². The molecule has 0 aliphatic heterocycles. The Labute approximate surface area is 93.7 Å². The quantitative estimate of drug-likeness (QED) is 0.358. The molecule has 0 fully saturated rings. The smallest absolute Gasteiger partial charge is 0.311 e. The van der Waals surface area contributed by atoms with E-state index in [4.69, 9.17) is 5.11 Å². The van der Waals surface area contributed by atoms with Gasteiger partial charge < -0.3 is 5.11 Å². The van der Waals surface area contributed by atoms with E-state index in [1.807, 2.05) is 0 Å². The molecule has 0 spiro atoms. The monoisotopic (exact) mass is 375 g/mol. The number of para-hydroxylation sites is 1. The molecule has 0 bridgehead atoms. The van der Waals surface area contributed by atoms with E-state index in [1.54, 1.807) is 0 Å². The molecular weight excluding hydrogens is 369 g/mol. The summed E-state index contributed by atoms with van der Waals surface area (Å²) in [6.45, 7) is 0. The summed E-state index contributed by atoms with van der Waals surface area (Å²) < 4.78 is 0. The second-order valence-electron chi connectivity index (χ2n) is 2.09. The third-order valence-electron chi connectivity index (χ3n) is 1.37. The number of hydrogen-bond donors (Lipinski definition) is 1. The van der Waals surface area contributed by atoms with Crippen molar-refractivity contribution >= 4 is 39.3 Å². The number of phenols is 1. The first kappa shape index (κ1) is 12.0. The second kappa shape index (κ2) is 4.90. The van der Waals surface area contributed by atoms with Crippen molar-refractivity contribution in [3.05, 3.63) is 33.9 Å². The number of benzene rings is 1. The molecule has 0 aliphatic carbocycles. The number of rotatable bonds is 2. The topological polar surface area (TPSA) is 80.4 Å². The molecule has 1 aromatic carbocycles. The number of phenolic OH excluding ortho intramolecular Hbond substituents is 1. The summed E-state index contributed by atoms with van der Waals surface area (Å²) in [5.74, 6) is -0.586. The van der Waals surface area contributed by atoms with Crippen molar-refractivity contribution in [3.8, 4) is 5.75 Å². The number of aldehydes is 1. The molecule has 0 unspecified atom stereocenters. The minimum absolute atomic E-state index is 0. The summed E-state index contributed by atoms with van der Waals surface area (Å²) >= 11 is 0. The van der Waals surface area contributed by atoms with Gasteiger partial charge in [0.25, 0.3) is 0 Å². The second-order valence-corrected chi connectivity index (χ2v) is 2.09. The Morgan fingerprint density at radius 1 is 1.46 bits per heavy atom. The predicted molar refractivity (Wildman–Crippen MR) is 45.9 cm³/mol. The largest absolute Gasteiger partial charge is 0.502 e. The van der Waals surface area contributed by atoms with Gasteiger partial charge in [-0.3, -0.25) is 14.9 Å². The van der Waals surface area contributed by atoms with Gasteiger partial charge in [-0.25, -0.2) is 0 Å². The number of aromatic hydroxyl groups is 1. The van der Waals surface area contributed by atoms with E-state index in [1.165, 1.54) is 12.1 Å². The zero-order valence-electron chi connectivity index (χ0n) is 6.43. The number of nitro groups is 1. The Balaban J connectivity index is 0.00000144. The number of nitrogens with zero attached hydrogens (tertiary/aromatic N) is 1. The average molecular weight is 374 g/mol. The normalized spacial score (nSPS) is 8.62. The van der Waals surface area contributed by atoms with Crippen LogP contribution in [0.25, 0.3) is 0 Å². The minimum Gasteiger partial charge on any atom is -0.502 e. The Kier molecular flexibility index (Phi) is 4.53. The SMILES string of the molecule is O=Cc1cccc([N+](=O)[O-])c1O.[Pb]. The predicted octanol–water partition coefficient (Wildman–Crippen LogP) is 0.732. The molecule has 0 heterocycles. The van der Waals surface area contributed by atoms with Crippen LogP contribution in [-0.2, 0) is 0 Å². The van der Waals surface area contributed by atoms with Gasteiger partial charge in [0, 0.05) is 33.4 Å². The van der Waals surface area contributed by atoms with Crippen LogP contribution in [0.3, 0.4) is 0 Å². The summed E-state index contributed by atoms with van der Waals surface area (Å²) in [5.41, 5.74) is -0.538. The first-order valence-corrected chi connectivity index (χ1v) is 3.08.